The van der Waals surface area contributed by atoms with Gasteiger partial charge in [-0.2, -0.15) is 18.3 Å². The van der Waals surface area contributed by atoms with Gasteiger partial charge in [-0.15, -0.1) is 0 Å². The van der Waals surface area contributed by atoms with Crippen molar-refractivity contribution in [2.75, 3.05) is 6.61 Å². The SMILES string of the molecule is CC(=O)O[C@H]1C(=O)[C@@]2(C)[C@H]([C@H](OC(=O)c3ccccc3)[C@]3(O)C[C@H](OC(=O)[C@H](O)[C@@H](NC(=O)c4ccccc4)c4ccccc4)C(C)=C1C3(C)C)[C@]1(OC(C)=O)CO[C@@H]1C[C@@H]2O.Cc1ccc(-c2cc(C(F)(F)F)nn2-c2ccc(S(N)(=O)=O)cc2)cc1. The van der Waals surface area contributed by atoms with Gasteiger partial charge in [-0.3, -0.25) is 19.2 Å². The van der Waals surface area contributed by atoms with Gasteiger partial charge in [-0.1, -0.05) is 110 Å². The highest BCUT2D eigenvalue weighted by Gasteiger charge is 2.78. The van der Waals surface area contributed by atoms with Gasteiger partial charge in [-0.25, -0.2) is 27.8 Å². The predicted molar refractivity (Wildman–Crippen MR) is 308 cm³/mol. The maximum Gasteiger partial charge on any atom is 0.435 e. The second kappa shape index (κ2) is 24.3. The summed E-state index contributed by atoms with van der Waals surface area (Å²) in [5.41, 5.74) is -6.02. The van der Waals surface area contributed by atoms with Crippen LogP contribution in [0.15, 0.2) is 162 Å². The lowest BCUT2D eigenvalue weighted by Crippen LogP contribution is -2.82. The Morgan fingerprint density at radius 3 is 1.92 bits per heavy atom. The number of halogens is 3. The van der Waals surface area contributed by atoms with Crippen molar-refractivity contribution in [3.63, 3.8) is 0 Å². The molecule has 88 heavy (non-hydrogen) atoms. The number of Topliss-reactive ketones (excluding diaryl/α,β-unsaturated/α-hetero) is 1. The van der Waals surface area contributed by atoms with Crippen LogP contribution in [-0.4, -0.2) is 124 Å². The van der Waals surface area contributed by atoms with Crippen molar-refractivity contribution in [3.05, 3.63) is 185 Å². The Hall–Kier alpha value is -8.39. The Bertz CT molecular complexity index is 3790. The van der Waals surface area contributed by atoms with Gasteiger partial charge in [0, 0.05) is 43.2 Å². The van der Waals surface area contributed by atoms with E-state index >= 15 is 4.79 Å². The lowest BCUT2D eigenvalue weighted by molar-refractivity contribution is -0.346. The number of hydrogen-bond donors (Lipinski definition) is 5. The Balaban J connectivity index is 0.000000294. The van der Waals surface area contributed by atoms with Crippen LogP contribution in [0.4, 0.5) is 13.2 Å². The number of fused-ring (bicyclic) bond motifs is 5. The Morgan fingerprint density at radius 1 is 0.807 bits per heavy atom. The summed E-state index contributed by atoms with van der Waals surface area (Å²) < 4.78 is 93.5. The number of benzene rings is 5. The van der Waals surface area contributed by atoms with Gasteiger partial charge >= 0.3 is 30.1 Å². The third-order valence-corrected chi connectivity index (χ3v) is 18.2. The zero-order chi connectivity index (χ0) is 64.1. The molecule has 2 saturated carbocycles. The first kappa shape index (κ1) is 64.1. The number of sulfonamides is 1. The number of aliphatic hydroxyl groups is 3. The van der Waals surface area contributed by atoms with Crippen molar-refractivity contribution in [3.8, 4) is 16.9 Å². The molecule has 3 fully saturated rings. The number of rotatable bonds is 13. The second-order valence-corrected chi connectivity index (χ2v) is 24.6. The highest BCUT2D eigenvalue weighted by molar-refractivity contribution is 7.89. The van der Waals surface area contributed by atoms with Crippen molar-refractivity contribution < 1.29 is 89.4 Å². The molecular weight excluding hydrogens is 1170 g/mol. The predicted octanol–water partition coefficient (Wildman–Crippen LogP) is 7.25. The highest BCUT2D eigenvalue weighted by Crippen LogP contribution is 2.64. The Morgan fingerprint density at radius 2 is 1.39 bits per heavy atom. The lowest BCUT2D eigenvalue weighted by atomic mass is 9.44. The average Bonchev–Trinajstić information content (AvgIpc) is 1.38. The van der Waals surface area contributed by atoms with Crippen molar-refractivity contribution in [2.45, 2.75) is 126 Å². The molecule has 20 nitrogen and oxygen atoms in total. The Labute approximate surface area is 504 Å². The zero-order valence-electron chi connectivity index (χ0n) is 48.8. The topological polar surface area (TPSA) is 299 Å². The summed E-state index contributed by atoms with van der Waals surface area (Å²) in [6.45, 7) is 9.84. The minimum absolute atomic E-state index is 0.00289. The van der Waals surface area contributed by atoms with E-state index in [4.69, 9.17) is 28.8 Å². The third-order valence-electron chi connectivity index (χ3n) is 17.2. The molecule has 1 aromatic heterocycles. The molecule has 11 atom stereocenters. The van der Waals surface area contributed by atoms with Gasteiger partial charge in [0.15, 0.2) is 29.3 Å². The first-order valence-corrected chi connectivity index (χ1v) is 29.5. The van der Waals surface area contributed by atoms with Gasteiger partial charge in [0.05, 0.1) is 51.9 Å². The molecule has 0 radical (unpaired) electrons. The fourth-order valence-electron chi connectivity index (χ4n) is 12.6. The van der Waals surface area contributed by atoms with E-state index in [0.717, 1.165) is 30.2 Å². The number of amides is 1. The summed E-state index contributed by atoms with van der Waals surface area (Å²) in [4.78, 5) is 83.3. The molecule has 1 aliphatic heterocycles. The smallest absolute Gasteiger partial charge is 0.435 e. The van der Waals surface area contributed by atoms with Gasteiger partial charge in [0.2, 0.25) is 10.0 Å². The number of aliphatic hydroxyl groups excluding tert-OH is 2. The van der Waals surface area contributed by atoms with Gasteiger partial charge < -0.3 is 44.3 Å². The number of carbonyl (C=O) groups is 6. The molecule has 4 aliphatic rings. The zero-order valence-corrected chi connectivity index (χ0v) is 49.6. The molecule has 6 N–H and O–H groups in total. The van der Waals surface area contributed by atoms with E-state index in [1.807, 2.05) is 6.92 Å². The van der Waals surface area contributed by atoms with E-state index in [1.54, 1.807) is 117 Å². The van der Waals surface area contributed by atoms with Crippen LogP contribution in [0.5, 0.6) is 0 Å². The van der Waals surface area contributed by atoms with Crippen LogP contribution >= 0.6 is 0 Å². The number of nitrogens with zero attached hydrogens (tertiary/aromatic N) is 2. The summed E-state index contributed by atoms with van der Waals surface area (Å²) >= 11 is 0. The van der Waals surface area contributed by atoms with Crippen molar-refractivity contribution >= 4 is 45.6 Å². The van der Waals surface area contributed by atoms with Crippen LogP contribution in [0.25, 0.3) is 16.9 Å². The quantitative estimate of drug-likeness (QED) is 0.0432. The largest absolute Gasteiger partial charge is 0.456 e. The number of esters is 4. The van der Waals surface area contributed by atoms with E-state index in [9.17, 15) is 60.9 Å². The first-order valence-electron chi connectivity index (χ1n) is 27.9. The number of nitrogens with two attached hydrogens (primary N) is 1. The lowest BCUT2D eigenvalue weighted by Gasteiger charge is -2.67. The van der Waals surface area contributed by atoms with Crippen molar-refractivity contribution in [1.29, 1.82) is 0 Å². The van der Waals surface area contributed by atoms with Crippen LogP contribution < -0.4 is 10.5 Å². The molecule has 10 rings (SSSR count). The van der Waals surface area contributed by atoms with Crippen LogP contribution in [0.3, 0.4) is 0 Å². The molecule has 1 saturated heterocycles. The minimum atomic E-state index is -4.61. The number of nitrogens with one attached hydrogen (secondary N) is 1. The van der Waals surface area contributed by atoms with Gasteiger partial charge in [0.25, 0.3) is 5.91 Å². The summed E-state index contributed by atoms with van der Waals surface area (Å²) in [6.07, 6.45) is -15.1. The molecule has 1 amide bonds. The summed E-state index contributed by atoms with van der Waals surface area (Å²) in [5.74, 6) is -6.84. The maximum absolute atomic E-state index is 15.5. The average molecular weight is 1240 g/mol. The van der Waals surface area contributed by atoms with E-state index in [0.29, 0.717) is 11.1 Å². The number of hydrogen-bond acceptors (Lipinski definition) is 17. The Kier molecular flexibility index (Phi) is 17.7. The standard InChI is InChI=1S/C47H51NO14.C17H14F3N3O2S/c1-25-31(60-43(56)36(52)35(28-16-10-7-11-17-28)48-41(54)29-18-12-8-13-19-29)23-47(57)40(61-42(55)30-20-14-9-15-21-30)38-45(6,32(51)22-33-46(38,24-58-33)62-27(3)50)39(53)37(59-26(2)49)34(25)44(47,4)5;1-11-2-4-12(5-3-11)15-10-16(17(18,19)20)22-23(15)13-6-8-14(9-7-13)26(21,24)25/h7-21,31-33,35-38,40,51-52,57H,22-24H2,1-6H3,(H,48,54);2-10H,1H3,(H2,21,24,25)/t31-,32-,33+,35-,36+,37+,38-,40-,45+,46-,47+;/m0./s1. The fraction of sp³-hybridized carbons (Fsp3) is 0.359. The monoisotopic (exact) mass is 1230 g/mol. The number of ether oxygens (including phenoxy) is 5. The molecule has 464 valence electrons. The molecule has 6 aromatic rings. The molecule has 0 spiro atoms. The van der Waals surface area contributed by atoms with E-state index < -0.39 is 134 Å². The first-order chi connectivity index (χ1) is 41.3. The molecule has 0 unspecified atom stereocenters. The van der Waals surface area contributed by atoms with Crippen LogP contribution in [0.1, 0.15) is 98.0 Å². The number of ketones is 1. The van der Waals surface area contributed by atoms with Crippen LogP contribution in [-0.2, 0) is 59.1 Å². The molecule has 5 aromatic carbocycles. The van der Waals surface area contributed by atoms with E-state index in [-0.39, 0.29) is 51.6 Å². The maximum atomic E-state index is 15.5. The summed E-state index contributed by atoms with van der Waals surface area (Å²) in [6, 6.07) is 36.0. The fourth-order valence-corrected chi connectivity index (χ4v) is 13.1. The summed E-state index contributed by atoms with van der Waals surface area (Å²) in [5, 5.41) is 48.9. The van der Waals surface area contributed by atoms with Crippen LogP contribution in [0, 0.1) is 23.7 Å². The summed E-state index contributed by atoms with van der Waals surface area (Å²) in [7, 11) is -3.90. The number of alkyl halides is 3. The number of primary sulfonamides is 1. The number of carbonyl (C=O) groups excluding carboxylic acids is 6. The molecule has 3 aliphatic carbocycles. The molecule has 2 heterocycles. The van der Waals surface area contributed by atoms with Crippen molar-refractivity contribution in [2.24, 2.45) is 21.9 Å². The van der Waals surface area contributed by atoms with Gasteiger partial charge in [0.1, 0.15) is 23.9 Å². The van der Waals surface area contributed by atoms with Gasteiger partial charge in [-0.05, 0) is 92.1 Å². The minimum Gasteiger partial charge on any atom is -0.456 e. The van der Waals surface area contributed by atoms with E-state index in [2.05, 4.69) is 10.4 Å². The van der Waals surface area contributed by atoms with Crippen molar-refractivity contribution in [1.82, 2.24) is 15.1 Å². The normalized spacial score (nSPS) is 26.1. The highest BCUT2D eigenvalue weighted by atomic mass is 32.2. The number of aryl methyl sites for hydroxylation is 1. The van der Waals surface area contributed by atoms with E-state index in [1.165, 1.54) is 50.2 Å². The third kappa shape index (κ3) is 12.0. The number of aromatic nitrogens is 2. The van der Waals surface area contributed by atoms with Crippen LogP contribution in [0.2, 0.25) is 0 Å². The molecule has 2 bridgehead atoms. The molecular formula is C64H65F3N4O16S. The molecule has 24 heteroatoms. The second-order valence-electron chi connectivity index (χ2n) is 23.1.